The number of nitrogens with one attached hydrogen (secondary N) is 2. The molecule has 0 unspecified atom stereocenters. The summed E-state index contributed by atoms with van der Waals surface area (Å²) in [5, 5.41) is 120. The molecule has 0 spiro atoms. The first-order valence-corrected chi connectivity index (χ1v) is 15.9. The van der Waals surface area contributed by atoms with Crippen molar-refractivity contribution in [3.8, 4) is 0 Å². The molecule has 4 rings (SSSR count). The Labute approximate surface area is 285 Å². The number of carbonyl (C=O) groups excluding carboxylic acids is 2. The van der Waals surface area contributed by atoms with Gasteiger partial charge in [0.15, 0.2) is 25.2 Å². The molecule has 290 valence electrons. The molecule has 4 aliphatic heterocycles. The van der Waals surface area contributed by atoms with E-state index in [0.29, 0.717) is 0 Å². The van der Waals surface area contributed by atoms with E-state index in [1.165, 1.54) is 6.92 Å². The van der Waals surface area contributed by atoms with Crippen LogP contribution < -0.4 is 10.6 Å². The number of rotatable bonds is 12. The predicted octanol–water partition coefficient (Wildman–Crippen LogP) is -8.43. The van der Waals surface area contributed by atoms with Gasteiger partial charge in [0.05, 0.1) is 25.9 Å². The van der Waals surface area contributed by atoms with Gasteiger partial charge in [0, 0.05) is 13.8 Å². The maximum absolute atomic E-state index is 12.1. The zero-order chi connectivity index (χ0) is 37.2. The van der Waals surface area contributed by atoms with E-state index < -0.39 is 154 Å². The zero-order valence-corrected chi connectivity index (χ0v) is 27.3. The van der Waals surface area contributed by atoms with E-state index in [9.17, 15) is 65.8 Å². The van der Waals surface area contributed by atoms with E-state index in [-0.39, 0.29) is 0 Å². The number of amides is 2. The van der Waals surface area contributed by atoms with E-state index in [1.807, 2.05) is 0 Å². The fourth-order valence-electron chi connectivity index (χ4n) is 6.34. The molecule has 4 aliphatic rings. The van der Waals surface area contributed by atoms with E-state index in [0.717, 1.165) is 13.8 Å². The van der Waals surface area contributed by atoms with Crippen LogP contribution in [0.5, 0.6) is 0 Å². The summed E-state index contributed by atoms with van der Waals surface area (Å²) >= 11 is 0. The van der Waals surface area contributed by atoms with E-state index in [4.69, 9.17) is 33.2 Å². The summed E-state index contributed by atoms with van der Waals surface area (Å²) in [6, 6.07) is -3.02. The first-order chi connectivity index (χ1) is 23.5. The summed E-state index contributed by atoms with van der Waals surface area (Å²) in [5.74, 6) is -1.40. The second-order valence-electron chi connectivity index (χ2n) is 12.6. The van der Waals surface area contributed by atoms with E-state index in [2.05, 4.69) is 10.6 Å². The molecule has 22 heteroatoms. The number of carbonyl (C=O) groups is 2. The Kier molecular flexibility index (Phi) is 14.2. The fraction of sp³-hybridized carbons (Fsp3) is 0.929. The molecule has 4 heterocycles. The van der Waals surface area contributed by atoms with Gasteiger partial charge in [-0.05, 0) is 6.92 Å². The minimum absolute atomic E-state index is 0.693. The molecule has 13 N–H and O–H groups in total. The Bertz CT molecular complexity index is 1120. The van der Waals surface area contributed by atoms with Crippen LogP contribution in [0.15, 0.2) is 0 Å². The third-order valence-electron chi connectivity index (χ3n) is 8.89. The molecule has 0 radical (unpaired) electrons. The molecule has 0 aromatic heterocycles. The van der Waals surface area contributed by atoms with Crippen LogP contribution in [-0.4, -0.2) is 211 Å². The molecule has 4 saturated heterocycles. The molecular formula is C28H48N2O20. The van der Waals surface area contributed by atoms with Gasteiger partial charge >= 0.3 is 0 Å². The lowest BCUT2D eigenvalue weighted by atomic mass is 9.94. The number of aliphatic hydroxyl groups is 11. The standard InChI is InChI=1S/C28H48N2O20/c1-7(34)21-18(40)19(41)27(47-21)49-23-14(30-9(3)36)25(43)44-12(6-33)22(23)48-28-20(42)24(16(38)11(5-32)46-28)50-26-13(29-8(2)35)17(39)15(37)10(4-31)45-26/h7,10-28,31-34,37-43H,4-6H2,1-3H3,(H,29,35)(H,30,36)/t7-,10-,11-,12-,13-,14-,15-,16+,17-,18-,19-,20-,21+,22-,23-,24+,25-,26+,27-,28+/m1/s1. The Morgan fingerprint density at radius 2 is 1.08 bits per heavy atom. The van der Waals surface area contributed by atoms with Crippen LogP contribution >= 0.6 is 0 Å². The normalized spacial score (nSPS) is 47.4. The van der Waals surface area contributed by atoms with Gasteiger partial charge in [-0.25, -0.2) is 0 Å². The van der Waals surface area contributed by atoms with Gasteiger partial charge in [-0.3, -0.25) is 9.59 Å². The maximum atomic E-state index is 12.1. The van der Waals surface area contributed by atoms with Gasteiger partial charge in [-0.2, -0.15) is 0 Å². The molecule has 0 aromatic rings. The topological polar surface area (TPSA) is 345 Å². The predicted molar refractivity (Wildman–Crippen MR) is 156 cm³/mol. The largest absolute Gasteiger partial charge is 0.394 e. The minimum Gasteiger partial charge on any atom is -0.394 e. The van der Waals surface area contributed by atoms with Crippen molar-refractivity contribution in [1.29, 1.82) is 0 Å². The lowest BCUT2D eigenvalue weighted by Gasteiger charge is -2.49. The SMILES string of the molecule is CC(=O)N[C@@H]1[C@@H](O[C@H]2O[C@@H]([C@@H](C)O)[C@H](O)[C@H]2O)[C@H](O[C@@H]2O[C@H](CO)[C@H](O)[C@H](O[C@@H]3O[C@H](CO)[C@@H](O)[C@H](O)[C@H]3NC(C)=O)[C@H]2O)[C@@H](CO)O[C@H]1O. The Hall–Kier alpha value is -1.78. The van der Waals surface area contributed by atoms with Gasteiger partial charge in [-0.15, -0.1) is 0 Å². The van der Waals surface area contributed by atoms with Crippen LogP contribution in [-0.2, 0) is 42.7 Å². The third kappa shape index (κ3) is 8.70. The lowest BCUT2D eigenvalue weighted by molar-refractivity contribution is -0.374. The van der Waals surface area contributed by atoms with Crippen molar-refractivity contribution in [3.05, 3.63) is 0 Å². The van der Waals surface area contributed by atoms with Crippen molar-refractivity contribution < 1.29 is 98.9 Å². The first kappa shape index (κ1) is 41.0. The molecule has 20 atom stereocenters. The highest BCUT2D eigenvalue weighted by Crippen LogP contribution is 2.35. The number of hydrogen-bond acceptors (Lipinski definition) is 20. The van der Waals surface area contributed by atoms with Crippen LogP contribution in [0.2, 0.25) is 0 Å². The first-order valence-electron chi connectivity index (χ1n) is 15.9. The number of aliphatic hydroxyl groups excluding tert-OH is 11. The molecule has 2 amide bonds. The van der Waals surface area contributed by atoms with Crippen molar-refractivity contribution in [3.63, 3.8) is 0 Å². The van der Waals surface area contributed by atoms with Crippen LogP contribution in [0.4, 0.5) is 0 Å². The maximum Gasteiger partial charge on any atom is 0.217 e. The highest BCUT2D eigenvalue weighted by atomic mass is 16.8. The highest BCUT2D eigenvalue weighted by molar-refractivity contribution is 5.73. The van der Waals surface area contributed by atoms with Gasteiger partial charge in [0.2, 0.25) is 11.8 Å². The minimum atomic E-state index is -2.04. The Morgan fingerprint density at radius 3 is 1.62 bits per heavy atom. The fourth-order valence-corrected chi connectivity index (χ4v) is 6.34. The summed E-state index contributed by atoms with van der Waals surface area (Å²) in [7, 11) is 0. The monoisotopic (exact) mass is 732 g/mol. The second kappa shape index (κ2) is 17.4. The van der Waals surface area contributed by atoms with Crippen LogP contribution in [0.1, 0.15) is 20.8 Å². The van der Waals surface area contributed by atoms with E-state index >= 15 is 0 Å². The third-order valence-corrected chi connectivity index (χ3v) is 8.89. The smallest absolute Gasteiger partial charge is 0.217 e. The lowest BCUT2D eigenvalue weighted by Crippen LogP contribution is -2.69. The summed E-state index contributed by atoms with van der Waals surface area (Å²) in [6.45, 7) is 0.877. The van der Waals surface area contributed by atoms with Crippen molar-refractivity contribution in [2.75, 3.05) is 19.8 Å². The Morgan fingerprint density at radius 1 is 0.580 bits per heavy atom. The average Bonchev–Trinajstić information content (AvgIpc) is 3.34. The highest BCUT2D eigenvalue weighted by Gasteiger charge is 2.56. The van der Waals surface area contributed by atoms with Gasteiger partial charge in [0.1, 0.15) is 91.4 Å². The number of hydrogen-bond donors (Lipinski definition) is 13. The molecular weight excluding hydrogens is 684 g/mol. The van der Waals surface area contributed by atoms with Crippen molar-refractivity contribution in [2.45, 2.75) is 143 Å². The van der Waals surface area contributed by atoms with Crippen molar-refractivity contribution >= 4 is 11.8 Å². The zero-order valence-electron chi connectivity index (χ0n) is 27.3. The molecule has 50 heavy (non-hydrogen) atoms. The molecule has 0 bridgehead atoms. The van der Waals surface area contributed by atoms with Crippen LogP contribution in [0, 0.1) is 0 Å². The molecule has 0 aromatic carbocycles. The van der Waals surface area contributed by atoms with Gasteiger partial charge in [0.25, 0.3) is 0 Å². The quantitative estimate of drug-likeness (QED) is 0.0886. The van der Waals surface area contributed by atoms with Crippen molar-refractivity contribution in [2.24, 2.45) is 0 Å². The van der Waals surface area contributed by atoms with Crippen LogP contribution in [0.3, 0.4) is 0 Å². The second-order valence-corrected chi connectivity index (χ2v) is 12.6. The molecule has 22 nitrogen and oxygen atoms in total. The summed E-state index contributed by atoms with van der Waals surface area (Å²) in [4.78, 5) is 24.0. The number of ether oxygens (including phenoxy) is 7. The molecule has 0 aliphatic carbocycles. The molecule has 0 saturated carbocycles. The van der Waals surface area contributed by atoms with Crippen LogP contribution in [0.25, 0.3) is 0 Å². The van der Waals surface area contributed by atoms with Crippen molar-refractivity contribution in [1.82, 2.24) is 10.6 Å². The Balaban J connectivity index is 1.65. The summed E-state index contributed by atoms with van der Waals surface area (Å²) in [5.41, 5.74) is 0. The molecule has 4 fully saturated rings. The average molecular weight is 733 g/mol. The summed E-state index contributed by atoms with van der Waals surface area (Å²) in [6.07, 6.45) is -30.2. The van der Waals surface area contributed by atoms with E-state index in [1.54, 1.807) is 0 Å². The summed E-state index contributed by atoms with van der Waals surface area (Å²) < 4.78 is 39.8. The van der Waals surface area contributed by atoms with Gasteiger partial charge in [-0.1, -0.05) is 0 Å². The van der Waals surface area contributed by atoms with Gasteiger partial charge < -0.3 is 100.0 Å².